The predicted molar refractivity (Wildman–Crippen MR) is 79.3 cm³/mol. The van der Waals surface area contributed by atoms with E-state index in [2.05, 4.69) is 4.90 Å². The molecule has 0 saturated carbocycles. The third kappa shape index (κ3) is 3.02. The molecule has 1 aromatic carbocycles. The molecule has 1 fully saturated rings. The van der Waals surface area contributed by atoms with Crippen LogP contribution in [0.5, 0.6) is 0 Å². The Kier molecular flexibility index (Phi) is 3.78. The van der Waals surface area contributed by atoms with Crippen molar-refractivity contribution in [3.63, 3.8) is 0 Å². The van der Waals surface area contributed by atoms with Crippen LogP contribution < -0.4 is 5.14 Å². The summed E-state index contributed by atoms with van der Waals surface area (Å²) in [6, 6.07) is 7.69. The number of ether oxygens (including phenoxy) is 1. The highest BCUT2D eigenvalue weighted by Crippen LogP contribution is 2.29. The monoisotopic (exact) mass is 312 g/mol. The molecule has 0 spiro atoms. The van der Waals surface area contributed by atoms with Crippen LogP contribution in [0.2, 0.25) is 0 Å². The number of sulfonamides is 1. The van der Waals surface area contributed by atoms with E-state index in [-0.39, 0.29) is 4.21 Å². The lowest BCUT2D eigenvalue weighted by Gasteiger charge is -2.26. The zero-order valence-electron chi connectivity index (χ0n) is 10.9. The maximum atomic E-state index is 11.4. The van der Waals surface area contributed by atoms with Crippen LogP contribution in [-0.2, 0) is 21.3 Å². The second-order valence-electron chi connectivity index (χ2n) is 4.87. The second kappa shape index (κ2) is 5.42. The van der Waals surface area contributed by atoms with E-state index in [0.717, 1.165) is 42.9 Å². The number of nitrogens with zero attached hydrogens (tertiary/aromatic N) is 1. The molecule has 0 atom stereocenters. The largest absolute Gasteiger partial charge is 0.379 e. The fraction of sp³-hybridized carbons (Fsp3) is 0.385. The number of nitrogens with two attached hydrogens (primary N) is 1. The van der Waals surface area contributed by atoms with Crippen molar-refractivity contribution in [1.82, 2.24) is 4.90 Å². The Morgan fingerprint density at radius 2 is 2.00 bits per heavy atom. The van der Waals surface area contributed by atoms with Gasteiger partial charge < -0.3 is 4.74 Å². The van der Waals surface area contributed by atoms with Gasteiger partial charge in [0.25, 0.3) is 0 Å². The molecular formula is C13H16N2O3S2. The van der Waals surface area contributed by atoms with Gasteiger partial charge in [0.15, 0.2) is 0 Å². The van der Waals surface area contributed by atoms with Crippen LogP contribution in [0.15, 0.2) is 28.5 Å². The van der Waals surface area contributed by atoms with E-state index in [1.54, 1.807) is 6.07 Å². The third-order valence-corrected chi connectivity index (χ3v) is 5.88. The van der Waals surface area contributed by atoms with Crippen molar-refractivity contribution >= 4 is 31.4 Å². The van der Waals surface area contributed by atoms with Crippen molar-refractivity contribution < 1.29 is 13.2 Å². The molecule has 5 nitrogen and oxygen atoms in total. The van der Waals surface area contributed by atoms with E-state index >= 15 is 0 Å². The summed E-state index contributed by atoms with van der Waals surface area (Å²) in [7, 11) is -3.61. The second-order valence-corrected chi connectivity index (χ2v) is 7.74. The Hall–Kier alpha value is -0.990. The molecule has 0 unspecified atom stereocenters. The molecule has 1 saturated heterocycles. The van der Waals surface area contributed by atoms with Gasteiger partial charge in [-0.1, -0.05) is 6.07 Å². The first-order chi connectivity index (χ1) is 9.52. The van der Waals surface area contributed by atoms with Crippen LogP contribution in [0.4, 0.5) is 0 Å². The van der Waals surface area contributed by atoms with Crippen LogP contribution in [0.25, 0.3) is 10.1 Å². The summed E-state index contributed by atoms with van der Waals surface area (Å²) in [6.45, 7) is 4.28. The van der Waals surface area contributed by atoms with Crippen molar-refractivity contribution in [3.8, 4) is 0 Å². The van der Waals surface area contributed by atoms with Crippen LogP contribution in [0.3, 0.4) is 0 Å². The molecule has 0 radical (unpaired) electrons. The molecule has 1 aliphatic rings. The van der Waals surface area contributed by atoms with Crippen LogP contribution >= 0.6 is 11.3 Å². The molecule has 2 N–H and O–H groups in total. The first-order valence-electron chi connectivity index (χ1n) is 6.38. The Labute approximate surface area is 122 Å². The Bertz CT molecular complexity index is 718. The normalized spacial score (nSPS) is 17.6. The summed E-state index contributed by atoms with van der Waals surface area (Å²) >= 11 is 1.21. The first kappa shape index (κ1) is 14.0. The van der Waals surface area contributed by atoms with Gasteiger partial charge in [0, 0.05) is 24.3 Å². The summed E-state index contributed by atoms with van der Waals surface area (Å²) < 4.78 is 29.2. The number of thiophene rings is 1. The van der Waals surface area contributed by atoms with Gasteiger partial charge in [-0.05, 0) is 29.1 Å². The van der Waals surface area contributed by atoms with E-state index in [1.807, 2.05) is 18.2 Å². The number of fused-ring (bicyclic) bond motifs is 1. The zero-order chi connectivity index (χ0) is 14.2. The highest BCUT2D eigenvalue weighted by molar-refractivity contribution is 7.91. The van der Waals surface area contributed by atoms with E-state index in [1.165, 1.54) is 16.9 Å². The Balaban J connectivity index is 1.86. The summed E-state index contributed by atoms with van der Waals surface area (Å²) in [4.78, 5) is 2.33. The maximum absolute atomic E-state index is 11.4. The molecule has 1 aromatic heterocycles. The van der Waals surface area contributed by atoms with Crippen molar-refractivity contribution in [2.45, 2.75) is 10.8 Å². The van der Waals surface area contributed by atoms with Gasteiger partial charge in [0.05, 0.1) is 13.2 Å². The molecule has 108 valence electrons. The molecule has 2 aromatic rings. The molecular weight excluding hydrogens is 296 g/mol. The Morgan fingerprint density at radius 3 is 2.70 bits per heavy atom. The summed E-state index contributed by atoms with van der Waals surface area (Å²) in [6.07, 6.45) is 0. The molecule has 0 aliphatic carbocycles. The Morgan fingerprint density at radius 1 is 1.25 bits per heavy atom. The summed E-state index contributed by atoms with van der Waals surface area (Å²) in [5.41, 5.74) is 1.18. The molecule has 0 amide bonds. The van der Waals surface area contributed by atoms with Gasteiger partial charge in [-0.15, -0.1) is 11.3 Å². The van der Waals surface area contributed by atoms with Crippen LogP contribution in [-0.4, -0.2) is 39.6 Å². The summed E-state index contributed by atoms with van der Waals surface area (Å²) in [5.74, 6) is 0. The molecule has 2 heterocycles. The minimum Gasteiger partial charge on any atom is -0.379 e. The van der Waals surface area contributed by atoms with Crippen LogP contribution in [0.1, 0.15) is 5.56 Å². The lowest BCUT2D eigenvalue weighted by molar-refractivity contribution is 0.0342. The fourth-order valence-electron chi connectivity index (χ4n) is 2.32. The van der Waals surface area contributed by atoms with Crippen molar-refractivity contribution in [2.24, 2.45) is 5.14 Å². The van der Waals surface area contributed by atoms with Gasteiger partial charge >= 0.3 is 0 Å². The molecule has 3 rings (SSSR count). The van der Waals surface area contributed by atoms with Gasteiger partial charge in [-0.2, -0.15) is 0 Å². The van der Waals surface area contributed by atoms with Gasteiger partial charge in [0.1, 0.15) is 4.21 Å². The van der Waals surface area contributed by atoms with Crippen LogP contribution in [0, 0.1) is 0 Å². The molecule has 7 heteroatoms. The number of hydrogen-bond acceptors (Lipinski definition) is 5. The number of hydrogen-bond donors (Lipinski definition) is 1. The minimum absolute atomic E-state index is 0.219. The maximum Gasteiger partial charge on any atom is 0.247 e. The molecule has 0 bridgehead atoms. The zero-order valence-corrected chi connectivity index (χ0v) is 12.5. The quantitative estimate of drug-likeness (QED) is 0.929. The van der Waals surface area contributed by atoms with E-state index in [9.17, 15) is 8.42 Å². The average Bonchev–Trinajstić information content (AvgIpc) is 2.83. The number of primary sulfonamides is 1. The lowest BCUT2D eigenvalue weighted by Crippen LogP contribution is -2.35. The van der Waals surface area contributed by atoms with Crippen molar-refractivity contribution in [2.75, 3.05) is 26.3 Å². The fourth-order valence-corrected chi connectivity index (χ4v) is 4.12. The first-order valence-corrected chi connectivity index (χ1v) is 8.74. The van der Waals surface area contributed by atoms with Gasteiger partial charge in [-0.3, -0.25) is 4.90 Å². The number of rotatable bonds is 3. The highest BCUT2D eigenvalue weighted by atomic mass is 32.2. The number of morpholine rings is 1. The van der Waals surface area contributed by atoms with Gasteiger partial charge in [-0.25, -0.2) is 13.6 Å². The molecule has 20 heavy (non-hydrogen) atoms. The lowest BCUT2D eigenvalue weighted by atomic mass is 10.1. The SMILES string of the molecule is NS(=O)(=O)c1cc2cc(CN3CCOCC3)ccc2s1. The number of benzene rings is 1. The smallest absolute Gasteiger partial charge is 0.247 e. The highest BCUT2D eigenvalue weighted by Gasteiger charge is 2.14. The van der Waals surface area contributed by atoms with E-state index in [0.29, 0.717) is 0 Å². The average molecular weight is 312 g/mol. The third-order valence-electron chi connectivity index (χ3n) is 3.35. The van der Waals surface area contributed by atoms with Gasteiger partial charge in [0.2, 0.25) is 10.0 Å². The van der Waals surface area contributed by atoms with E-state index < -0.39 is 10.0 Å². The standard InChI is InChI=1S/C13H16N2O3S2/c14-20(16,17)13-8-11-7-10(1-2-12(11)19-13)9-15-3-5-18-6-4-15/h1-2,7-8H,3-6,9H2,(H2,14,16,17). The molecule has 1 aliphatic heterocycles. The van der Waals surface area contributed by atoms with Crippen molar-refractivity contribution in [1.29, 1.82) is 0 Å². The minimum atomic E-state index is -3.61. The van der Waals surface area contributed by atoms with E-state index in [4.69, 9.17) is 9.88 Å². The predicted octanol–water partition coefficient (Wildman–Crippen LogP) is 1.38. The summed E-state index contributed by atoms with van der Waals surface area (Å²) in [5, 5.41) is 6.10. The van der Waals surface area contributed by atoms with Crippen molar-refractivity contribution in [3.05, 3.63) is 29.8 Å². The topological polar surface area (TPSA) is 72.6 Å².